The molecule has 164 valence electrons. The maximum absolute atomic E-state index is 13.3. The number of rotatable bonds is 6. The lowest BCUT2D eigenvalue weighted by Gasteiger charge is -2.28. The van der Waals surface area contributed by atoms with Gasteiger partial charge in [0.1, 0.15) is 17.3 Å². The maximum atomic E-state index is 13.3. The minimum absolute atomic E-state index is 0.0881. The molecule has 0 spiro atoms. The number of anilines is 1. The molecular formula is C25H23FN2O4. The highest BCUT2D eigenvalue weighted by Gasteiger charge is 2.27. The summed E-state index contributed by atoms with van der Waals surface area (Å²) in [5.41, 5.74) is 2.18. The number of hydrogen-bond donors (Lipinski definition) is 1. The van der Waals surface area contributed by atoms with Crippen molar-refractivity contribution in [1.82, 2.24) is 4.90 Å². The fourth-order valence-corrected chi connectivity index (χ4v) is 3.55. The van der Waals surface area contributed by atoms with Crippen LogP contribution in [0.5, 0.6) is 11.5 Å². The fourth-order valence-electron chi connectivity index (χ4n) is 3.55. The average molecular weight is 434 g/mol. The highest BCUT2D eigenvalue weighted by Crippen LogP contribution is 2.31. The predicted molar refractivity (Wildman–Crippen MR) is 118 cm³/mol. The van der Waals surface area contributed by atoms with E-state index in [0.29, 0.717) is 23.7 Å². The van der Waals surface area contributed by atoms with E-state index in [9.17, 15) is 14.0 Å². The zero-order valence-corrected chi connectivity index (χ0v) is 17.6. The molecule has 0 aliphatic carbocycles. The van der Waals surface area contributed by atoms with Crippen molar-refractivity contribution < 1.29 is 23.5 Å². The number of benzene rings is 3. The van der Waals surface area contributed by atoms with E-state index in [0.717, 1.165) is 11.1 Å². The van der Waals surface area contributed by atoms with Crippen LogP contribution in [0.2, 0.25) is 0 Å². The number of ether oxygens (including phenoxy) is 2. The van der Waals surface area contributed by atoms with Gasteiger partial charge in [-0.25, -0.2) is 4.39 Å². The molecule has 0 bridgehead atoms. The van der Waals surface area contributed by atoms with Crippen LogP contribution in [-0.2, 0) is 16.1 Å². The van der Waals surface area contributed by atoms with Crippen LogP contribution in [0.4, 0.5) is 10.1 Å². The third kappa shape index (κ3) is 5.06. The number of halogens is 1. The first-order chi connectivity index (χ1) is 15.5. The minimum Gasteiger partial charge on any atom is -0.484 e. The molecule has 0 unspecified atom stereocenters. The van der Waals surface area contributed by atoms with E-state index in [4.69, 9.17) is 9.47 Å². The second-order valence-corrected chi connectivity index (χ2v) is 7.51. The summed E-state index contributed by atoms with van der Waals surface area (Å²) in [5, 5.41) is 2.81. The lowest BCUT2D eigenvalue weighted by Crippen LogP contribution is -2.34. The molecule has 0 fully saturated rings. The highest BCUT2D eigenvalue weighted by atomic mass is 19.1. The Hall–Kier alpha value is -3.87. The molecule has 4 rings (SSSR count). The van der Waals surface area contributed by atoms with Crippen molar-refractivity contribution in [3.63, 3.8) is 0 Å². The van der Waals surface area contributed by atoms with Crippen molar-refractivity contribution in [1.29, 1.82) is 0 Å². The first-order valence-corrected chi connectivity index (χ1v) is 10.3. The Morgan fingerprint density at radius 3 is 2.62 bits per heavy atom. The second kappa shape index (κ2) is 9.51. The number of carbonyl (C=O) groups excluding carboxylic acids is 2. The second-order valence-electron chi connectivity index (χ2n) is 7.51. The summed E-state index contributed by atoms with van der Waals surface area (Å²) < 4.78 is 24.4. The molecule has 1 aliphatic heterocycles. The number of hydrogen-bond acceptors (Lipinski definition) is 4. The molecule has 7 heteroatoms. The third-order valence-corrected chi connectivity index (χ3v) is 5.29. The summed E-state index contributed by atoms with van der Waals surface area (Å²) in [6, 6.07) is 20.2. The van der Waals surface area contributed by atoms with E-state index in [-0.39, 0.29) is 36.9 Å². The van der Waals surface area contributed by atoms with Gasteiger partial charge in [0.15, 0.2) is 13.2 Å². The van der Waals surface area contributed by atoms with Crippen LogP contribution < -0.4 is 14.8 Å². The van der Waals surface area contributed by atoms with Crippen molar-refractivity contribution in [3.05, 3.63) is 89.7 Å². The van der Waals surface area contributed by atoms with E-state index >= 15 is 0 Å². The Kier molecular flexibility index (Phi) is 6.35. The van der Waals surface area contributed by atoms with Crippen LogP contribution in [-0.4, -0.2) is 29.9 Å². The van der Waals surface area contributed by atoms with Crippen LogP contribution in [0.1, 0.15) is 24.1 Å². The van der Waals surface area contributed by atoms with Gasteiger partial charge in [0.05, 0.1) is 12.6 Å². The predicted octanol–water partition coefficient (Wildman–Crippen LogP) is 4.33. The lowest BCUT2D eigenvalue weighted by atomic mass is 10.1. The van der Waals surface area contributed by atoms with Gasteiger partial charge < -0.3 is 19.7 Å². The largest absolute Gasteiger partial charge is 0.484 e. The molecule has 32 heavy (non-hydrogen) atoms. The molecule has 1 N–H and O–H groups in total. The summed E-state index contributed by atoms with van der Waals surface area (Å²) >= 11 is 0. The number of nitrogens with zero attached hydrogens (tertiary/aromatic N) is 1. The molecule has 3 aromatic rings. The van der Waals surface area contributed by atoms with Crippen molar-refractivity contribution in [2.45, 2.75) is 19.5 Å². The maximum Gasteiger partial charge on any atom is 0.262 e. The molecule has 3 aromatic carbocycles. The Morgan fingerprint density at radius 1 is 1.12 bits per heavy atom. The van der Waals surface area contributed by atoms with E-state index in [1.807, 2.05) is 25.1 Å². The average Bonchev–Trinajstić information content (AvgIpc) is 2.97. The van der Waals surface area contributed by atoms with E-state index in [2.05, 4.69) is 5.32 Å². The van der Waals surface area contributed by atoms with Crippen molar-refractivity contribution in [2.24, 2.45) is 0 Å². The zero-order valence-electron chi connectivity index (χ0n) is 17.6. The van der Waals surface area contributed by atoms with Crippen LogP contribution in [0.3, 0.4) is 0 Å². The quantitative estimate of drug-likeness (QED) is 0.627. The molecule has 0 saturated heterocycles. The first kappa shape index (κ1) is 21.4. The molecule has 0 radical (unpaired) electrons. The smallest absolute Gasteiger partial charge is 0.262 e. The summed E-state index contributed by atoms with van der Waals surface area (Å²) in [4.78, 5) is 26.7. The lowest BCUT2D eigenvalue weighted by molar-refractivity contribution is -0.135. The number of fused-ring (bicyclic) bond motifs is 1. The number of para-hydroxylation sites is 1. The molecule has 6 nitrogen and oxygen atoms in total. The Bertz CT molecular complexity index is 1100. The summed E-state index contributed by atoms with van der Waals surface area (Å²) in [6.07, 6.45) is 0. The van der Waals surface area contributed by atoms with E-state index in [1.165, 1.54) is 12.1 Å². The van der Waals surface area contributed by atoms with Gasteiger partial charge in [-0.15, -0.1) is 0 Å². The van der Waals surface area contributed by atoms with Gasteiger partial charge in [-0.05, 0) is 55.0 Å². The first-order valence-electron chi connectivity index (χ1n) is 10.3. The SMILES string of the molecule is C[C@H](c1ccc(F)cc1)N1Cc2cc(NC(=O)COc3ccccc3)ccc2OCC1=O. The number of nitrogens with one attached hydrogen (secondary N) is 1. The van der Waals surface area contributed by atoms with Crippen LogP contribution in [0.25, 0.3) is 0 Å². The molecule has 1 aliphatic rings. The van der Waals surface area contributed by atoms with E-state index in [1.54, 1.807) is 47.4 Å². The zero-order chi connectivity index (χ0) is 22.5. The normalized spacial score (nSPS) is 14.1. The molecule has 1 atom stereocenters. The Balaban J connectivity index is 1.46. The molecule has 1 heterocycles. The topological polar surface area (TPSA) is 67.9 Å². The molecular weight excluding hydrogens is 411 g/mol. The van der Waals surface area contributed by atoms with Crippen molar-refractivity contribution >= 4 is 17.5 Å². The summed E-state index contributed by atoms with van der Waals surface area (Å²) in [6.45, 7) is 1.98. The molecule has 2 amide bonds. The van der Waals surface area contributed by atoms with Crippen LogP contribution in [0.15, 0.2) is 72.8 Å². The van der Waals surface area contributed by atoms with E-state index < -0.39 is 0 Å². The molecule has 0 saturated carbocycles. The van der Waals surface area contributed by atoms with Gasteiger partial charge in [0.2, 0.25) is 0 Å². The summed E-state index contributed by atoms with van der Waals surface area (Å²) in [7, 11) is 0. The van der Waals surface area contributed by atoms with Gasteiger partial charge in [-0.3, -0.25) is 9.59 Å². The number of amides is 2. The fraction of sp³-hybridized carbons (Fsp3) is 0.200. The van der Waals surface area contributed by atoms with Gasteiger partial charge in [0.25, 0.3) is 11.8 Å². The Morgan fingerprint density at radius 2 is 1.88 bits per heavy atom. The third-order valence-electron chi connectivity index (χ3n) is 5.29. The van der Waals surface area contributed by atoms with Gasteiger partial charge in [-0.2, -0.15) is 0 Å². The van der Waals surface area contributed by atoms with Crippen molar-refractivity contribution in [3.8, 4) is 11.5 Å². The van der Waals surface area contributed by atoms with Crippen LogP contribution >= 0.6 is 0 Å². The number of carbonyl (C=O) groups is 2. The van der Waals surface area contributed by atoms with Gasteiger partial charge in [0, 0.05) is 11.3 Å². The Labute approximate surface area is 185 Å². The van der Waals surface area contributed by atoms with Crippen molar-refractivity contribution in [2.75, 3.05) is 18.5 Å². The summed E-state index contributed by atoms with van der Waals surface area (Å²) in [5.74, 6) is 0.414. The molecule has 0 aromatic heterocycles. The highest BCUT2D eigenvalue weighted by molar-refractivity contribution is 5.92. The van der Waals surface area contributed by atoms with Crippen LogP contribution in [0, 0.1) is 5.82 Å². The standard InChI is InChI=1S/C25H23FN2O4/c1-17(18-7-9-20(26)10-8-18)28-14-19-13-21(11-12-23(19)32-16-25(28)30)27-24(29)15-31-22-5-3-2-4-6-22/h2-13,17H,14-16H2,1H3,(H,27,29)/t17-/m1/s1. The monoisotopic (exact) mass is 434 g/mol. The minimum atomic E-state index is -0.326. The van der Waals surface area contributed by atoms with Gasteiger partial charge in [-0.1, -0.05) is 30.3 Å². The van der Waals surface area contributed by atoms with Gasteiger partial charge >= 0.3 is 0 Å².